The van der Waals surface area contributed by atoms with Crippen molar-refractivity contribution in [1.82, 2.24) is 0 Å². The highest BCUT2D eigenvalue weighted by Gasteiger charge is 2.18. The van der Waals surface area contributed by atoms with Crippen molar-refractivity contribution in [3.8, 4) is 0 Å². The molecular weight excluding hydrogens is 298 g/mol. The molecule has 1 rings (SSSR count). The molecule has 0 atom stereocenters. The van der Waals surface area contributed by atoms with Crippen LogP contribution in [0.15, 0.2) is 53.9 Å². The summed E-state index contributed by atoms with van der Waals surface area (Å²) in [6.45, 7) is 5.48. The third-order valence-corrected chi connectivity index (χ3v) is 2.84. The van der Waals surface area contributed by atoms with Crippen LogP contribution in [-0.4, -0.2) is 32.4 Å². The molecule has 0 bridgehead atoms. The maximum Gasteiger partial charge on any atom is 0.338 e. The fraction of sp³-hybridized carbons (Fsp3) is 0.235. The molecule has 0 saturated carbocycles. The number of methoxy groups -OCH3 is 2. The fourth-order valence-corrected chi connectivity index (χ4v) is 1.91. The van der Waals surface area contributed by atoms with Crippen molar-refractivity contribution in [2.24, 2.45) is 5.18 Å². The maximum absolute atomic E-state index is 11.9. The fourth-order valence-electron chi connectivity index (χ4n) is 1.91. The molecule has 1 N–H and O–H groups in total. The Balaban J connectivity index is 0.00000232. The van der Waals surface area contributed by atoms with Gasteiger partial charge in [-0.1, -0.05) is 24.8 Å². The third kappa shape index (κ3) is 5.19. The van der Waals surface area contributed by atoms with Gasteiger partial charge in [-0.3, -0.25) is 0 Å². The Morgan fingerprint density at radius 1 is 1.22 bits per heavy atom. The minimum atomic E-state index is -0.558. The van der Waals surface area contributed by atoms with Gasteiger partial charge in [0.15, 0.2) is 0 Å². The van der Waals surface area contributed by atoms with Gasteiger partial charge in [-0.2, -0.15) is 0 Å². The highest BCUT2D eigenvalue weighted by Crippen LogP contribution is 2.30. The smallest absolute Gasteiger partial charge is 0.338 e. The molecule has 0 aromatic heterocycles. The Morgan fingerprint density at radius 2 is 1.87 bits per heavy atom. The van der Waals surface area contributed by atoms with Crippen molar-refractivity contribution in [2.45, 2.75) is 6.92 Å². The molecule has 0 amide bonds. The zero-order valence-corrected chi connectivity index (χ0v) is 13.7. The van der Waals surface area contributed by atoms with Crippen molar-refractivity contribution in [3.05, 3.63) is 64.8 Å². The number of ether oxygens (including phenoxy) is 2. The van der Waals surface area contributed by atoms with E-state index in [1.54, 1.807) is 24.3 Å². The number of allylic oxidation sites excluding steroid dienone is 4. The van der Waals surface area contributed by atoms with E-state index in [1.165, 1.54) is 26.4 Å². The van der Waals surface area contributed by atoms with Gasteiger partial charge < -0.3 is 14.6 Å². The van der Waals surface area contributed by atoms with Gasteiger partial charge in [0.25, 0.3) is 0 Å². The van der Waals surface area contributed by atoms with Gasteiger partial charge in [0.2, 0.25) is 0 Å². The Labute approximate surface area is 135 Å². The lowest BCUT2D eigenvalue weighted by Crippen LogP contribution is -2.06. The second-order valence-electron chi connectivity index (χ2n) is 3.99. The lowest BCUT2D eigenvalue weighted by atomic mass is 9.96. The quantitative estimate of drug-likeness (QED) is 0.375. The molecular formula is C17H21NO5. The number of carbonyl (C=O) groups is 1. The van der Waals surface area contributed by atoms with Crippen LogP contribution in [0.25, 0.3) is 5.57 Å². The van der Waals surface area contributed by atoms with Crippen molar-refractivity contribution in [1.29, 1.82) is 0 Å². The van der Waals surface area contributed by atoms with Gasteiger partial charge in [0.05, 0.1) is 19.8 Å². The second kappa shape index (κ2) is 10.9. The van der Waals surface area contributed by atoms with Crippen molar-refractivity contribution >= 4 is 17.2 Å². The first-order valence-electron chi connectivity index (χ1n) is 6.67. The molecule has 23 heavy (non-hydrogen) atoms. The van der Waals surface area contributed by atoms with E-state index in [0.29, 0.717) is 16.9 Å². The summed E-state index contributed by atoms with van der Waals surface area (Å²) in [4.78, 5) is 22.6. The van der Waals surface area contributed by atoms with Crippen molar-refractivity contribution in [2.75, 3.05) is 21.3 Å². The van der Waals surface area contributed by atoms with Crippen LogP contribution in [0.4, 0.5) is 5.69 Å². The summed E-state index contributed by atoms with van der Waals surface area (Å²) < 4.78 is 10.1. The molecule has 0 saturated heterocycles. The van der Waals surface area contributed by atoms with Crippen molar-refractivity contribution in [3.63, 3.8) is 0 Å². The van der Waals surface area contributed by atoms with Gasteiger partial charge in [-0.25, -0.2) is 4.79 Å². The third-order valence-electron chi connectivity index (χ3n) is 2.84. The molecule has 1 aromatic carbocycles. The minimum absolute atomic E-state index is 0.150. The Bertz CT molecular complexity index is 617. The summed E-state index contributed by atoms with van der Waals surface area (Å²) in [5.41, 5.74) is 1.62. The molecule has 0 unspecified atom stereocenters. The number of aliphatic hydroxyl groups is 1. The van der Waals surface area contributed by atoms with E-state index < -0.39 is 5.97 Å². The van der Waals surface area contributed by atoms with Crippen LogP contribution >= 0.6 is 0 Å². The van der Waals surface area contributed by atoms with E-state index in [1.807, 2.05) is 6.92 Å². The van der Waals surface area contributed by atoms with Gasteiger partial charge in [-0.05, 0) is 30.3 Å². The molecule has 0 aliphatic heterocycles. The minimum Gasteiger partial charge on any atom is -0.496 e. The maximum atomic E-state index is 11.9. The predicted octanol–water partition coefficient (Wildman–Crippen LogP) is 3.60. The van der Waals surface area contributed by atoms with E-state index in [2.05, 4.69) is 11.8 Å². The summed E-state index contributed by atoms with van der Waals surface area (Å²) in [5, 5.41) is 9.84. The van der Waals surface area contributed by atoms with Crippen LogP contribution < -0.4 is 0 Å². The summed E-state index contributed by atoms with van der Waals surface area (Å²) in [5.74, 6) is 0.0175. The summed E-state index contributed by atoms with van der Waals surface area (Å²) in [6.07, 6.45) is 5.07. The average Bonchev–Trinajstić information content (AvgIpc) is 2.62. The van der Waals surface area contributed by atoms with E-state index in [9.17, 15) is 9.70 Å². The first-order chi connectivity index (χ1) is 11.1. The number of nitroso groups, excluding NO2 is 1. The van der Waals surface area contributed by atoms with Gasteiger partial charge in [0, 0.05) is 18.2 Å². The van der Waals surface area contributed by atoms with E-state index in [0.717, 1.165) is 7.11 Å². The SMILES string of the molecule is C=C/C=C(\C(=C/C)OC)c1ccc(N=O)cc1C(=O)OC.CO. The van der Waals surface area contributed by atoms with Crippen LogP contribution in [0.1, 0.15) is 22.8 Å². The summed E-state index contributed by atoms with van der Waals surface area (Å²) >= 11 is 0. The number of rotatable bonds is 6. The number of esters is 1. The largest absolute Gasteiger partial charge is 0.496 e. The second-order valence-corrected chi connectivity index (χ2v) is 3.99. The first kappa shape index (κ1) is 20.3. The lowest BCUT2D eigenvalue weighted by molar-refractivity contribution is 0.0600. The topological polar surface area (TPSA) is 85.2 Å². The van der Waals surface area contributed by atoms with Gasteiger partial charge in [-0.15, -0.1) is 4.91 Å². The van der Waals surface area contributed by atoms with Crippen molar-refractivity contribution < 1.29 is 19.4 Å². The van der Waals surface area contributed by atoms with Gasteiger partial charge in [0.1, 0.15) is 11.4 Å². The van der Waals surface area contributed by atoms with E-state index >= 15 is 0 Å². The molecule has 0 heterocycles. The zero-order valence-electron chi connectivity index (χ0n) is 13.7. The Morgan fingerprint density at radius 3 is 2.30 bits per heavy atom. The van der Waals surface area contributed by atoms with E-state index in [4.69, 9.17) is 14.6 Å². The molecule has 6 heteroatoms. The lowest BCUT2D eigenvalue weighted by Gasteiger charge is -2.14. The van der Waals surface area contributed by atoms with Crippen LogP contribution in [0.5, 0.6) is 0 Å². The normalized spacial score (nSPS) is 11.0. The van der Waals surface area contributed by atoms with Crippen LogP contribution in [0.2, 0.25) is 0 Å². The number of carbonyl (C=O) groups excluding carboxylic acids is 1. The highest BCUT2D eigenvalue weighted by molar-refractivity contribution is 5.98. The first-order valence-corrected chi connectivity index (χ1v) is 6.67. The standard InChI is InChI=1S/C16H17NO4.CH4O/c1-5-7-13(15(6-2)20-3)12-9-8-11(17-19)10-14(12)16(18)21-4;1-2/h5-10H,1H2,2-4H3;2H,1H3/b13-7-,15-6+;. The molecule has 0 aliphatic rings. The summed E-state index contributed by atoms with van der Waals surface area (Å²) in [6, 6.07) is 4.53. The number of benzene rings is 1. The molecule has 0 fully saturated rings. The predicted molar refractivity (Wildman–Crippen MR) is 90.3 cm³/mol. The van der Waals surface area contributed by atoms with Crippen LogP contribution in [0.3, 0.4) is 0 Å². The Kier molecular flexibility index (Phi) is 9.62. The molecule has 124 valence electrons. The molecule has 0 aliphatic carbocycles. The number of hydrogen-bond donors (Lipinski definition) is 1. The summed E-state index contributed by atoms with van der Waals surface area (Å²) in [7, 11) is 3.81. The molecule has 0 spiro atoms. The molecule has 1 aromatic rings. The number of nitrogens with zero attached hydrogens (tertiary/aromatic N) is 1. The highest BCUT2D eigenvalue weighted by atomic mass is 16.5. The monoisotopic (exact) mass is 319 g/mol. The number of aliphatic hydroxyl groups excluding tert-OH is 1. The van der Waals surface area contributed by atoms with Crippen LogP contribution in [0, 0.1) is 4.91 Å². The van der Waals surface area contributed by atoms with E-state index in [-0.39, 0.29) is 11.3 Å². The molecule has 0 radical (unpaired) electrons. The average molecular weight is 319 g/mol. The van der Waals surface area contributed by atoms with Gasteiger partial charge >= 0.3 is 5.97 Å². The Hall–Kier alpha value is -2.73. The van der Waals surface area contributed by atoms with Crippen LogP contribution in [-0.2, 0) is 9.47 Å². The number of hydrogen-bond acceptors (Lipinski definition) is 6. The molecule has 6 nitrogen and oxygen atoms in total. The zero-order chi connectivity index (χ0) is 17.8.